The van der Waals surface area contributed by atoms with Crippen molar-refractivity contribution in [2.24, 2.45) is 0 Å². The van der Waals surface area contributed by atoms with Crippen molar-refractivity contribution in [1.82, 2.24) is 9.78 Å². The molecule has 1 aromatic heterocycles. The van der Waals surface area contributed by atoms with E-state index in [1.165, 1.54) is 0 Å². The molecular weight excluding hydrogens is 228 g/mol. The molecule has 1 aliphatic carbocycles. The number of hydrogen-bond donors (Lipinski definition) is 1. The lowest BCUT2D eigenvalue weighted by Gasteiger charge is -2.08. The molecule has 4 nitrogen and oxygen atoms in total. The smallest absolute Gasteiger partial charge is 0.356 e. The van der Waals surface area contributed by atoms with Crippen LogP contribution in [0.15, 0.2) is 0 Å². The predicted octanol–water partition coefficient (Wildman–Crippen LogP) is 2.91. The van der Waals surface area contributed by atoms with Crippen LogP contribution in [0.2, 0.25) is 5.15 Å². The molecule has 5 heteroatoms. The fraction of sp³-hybridized carbons (Fsp3) is 0.636. The van der Waals surface area contributed by atoms with Gasteiger partial charge >= 0.3 is 5.97 Å². The summed E-state index contributed by atoms with van der Waals surface area (Å²) >= 11 is 6.19. The van der Waals surface area contributed by atoms with E-state index in [0.717, 1.165) is 31.2 Å². The van der Waals surface area contributed by atoms with Crippen molar-refractivity contribution in [2.75, 3.05) is 0 Å². The van der Waals surface area contributed by atoms with E-state index in [-0.39, 0.29) is 11.6 Å². The maximum absolute atomic E-state index is 11.1. The van der Waals surface area contributed by atoms with Gasteiger partial charge in [0.2, 0.25) is 0 Å². The Morgan fingerprint density at radius 3 is 2.69 bits per heavy atom. The summed E-state index contributed by atoms with van der Waals surface area (Å²) in [5.74, 6) is -0.699. The maximum atomic E-state index is 11.1. The summed E-state index contributed by atoms with van der Waals surface area (Å²) in [6, 6.07) is 0. The molecule has 0 bridgehead atoms. The van der Waals surface area contributed by atoms with E-state index >= 15 is 0 Å². The van der Waals surface area contributed by atoms with Gasteiger partial charge in [0.1, 0.15) is 5.15 Å². The number of aryl methyl sites for hydroxylation is 1. The number of carboxylic acids is 1. The normalized spacial score (nSPS) is 16.9. The number of carboxylic acid groups (broad SMARTS) is 1. The molecule has 0 radical (unpaired) electrons. The first-order valence-corrected chi connectivity index (χ1v) is 6.02. The van der Waals surface area contributed by atoms with Crippen molar-refractivity contribution >= 4 is 17.6 Å². The average molecular weight is 243 g/mol. The lowest BCUT2D eigenvalue weighted by atomic mass is 9.98. The van der Waals surface area contributed by atoms with Gasteiger partial charge in [0, 0.05) is 12.1 Å². The summed E-state index contributed by atoms with van der Waals surface area (Å²) < 4.78 is 1.57. The third-order valence-electron chi connectivity index (χ3n) is 3.19. The van der Waals surface area contributed by atoms with E-state index < -0.39 is 5.97 Å². The molecule has 0 aliphatic heterocycles. The van der Waals surface area contributed by atoms with Crippen molar-refractivity contribution in [3.05, 3.63) is 16.4 Å². The van der Waals surface area contributed by atoms with Gasteiger partial charge in [-0.3, -0.25) is 4.68 Å². The van der Waals surface area contributed by atoms with E-state index in [1.54, 1.807) is 4.68 Å². The summed E-state index contributed by atoms with van der Waals surface area (Å²) in [4.78, 5) is 11.1. The zero-order chi connectivity index (χ0) is 11.7. The van der Waals surface area contributed by atoms with Crippen molar-refractivity contribution in [3.63, 3.8) is 0 Å². The van der Waals surface area contributed by atoms with Crippen LogP contribution in [-0.2, 0) is 6.54 Å². The second-order valence-corrected chi connectivity index (χ2v) is 4.51. The van der Waals surface area contributed by atoms with Gasteiger partial charge in [-0.05, 0) is 25.7 Å². The summed E-state index contributed by atoms with van der Waals surface area (Å²) in [5.41, 5.74) is 0.882. The van der Waals surface area contributed by atoms with Gasteiger partial charge in [0.25, 0.3) is 0 Å². The highest BCUT2D eigenvalue weighted by molar-refractivity contribution is 6.31. The largest absolute Gasteiger partial charge is 0.476 e. The molecule has 0 spiro atoms. The molecule has 0 amide bonds. The fourth-order valence-corrected chi connectivity index (χ4v) is 2.80. The summed E-state index contributed by atoms with van der Waals surface area (Å²) in [6.07, 6.45) is 4.35. The third kappa shape index (κ3) is 1.82. The highest BCUT2D eigenvalue weighted by Gasteiger charge is 2.29. The molecule has 16 heavy (non-hydrogen) atoms. The molecule has 0 saturated heterocycles. The minimum atomic E-state index is -0.976. The van der Waals surface area contributed by atoms with Crippen LogP contribution in [0.3, 0.4) is 0 Å². The van der Waals surface area contributed by atoms with E-state index in [4.69, 9.17) is 16.7 Å². The SMILES string of the molecule is CCn1nc(C(=O)O)c(C2CCCC2)c1Cl. The van der Waals surface area contributed by atoms with Crippen LogP contribution in [0.25, 0.3) is 0 Å². The van der Waals surface area contributed by atoms with E-state index in [1.807, 2.05) is 6.92 Å². The van der Waals surface area contributed by atoms with Crippen molar-refractivity contribution in [3.8, 4) is 0 Å². The van der Waals surface area contributed by atoms with Gasteiger partial charge in [0.05, 0.1) is 0 Å². The first-order chi connectivity index (χ1) is 7.65. The first kappa shape index (κ1) is 11.5. The molecule has 1 saturated carbocycles. The lowest BCUT2D eigenvalue weighted by Crippen LogP contribution is -2.04. The van der Waals surface area contributed by atoms with Crippen LogP contribution in [0.4, 0.5) is 0 Å². The minimum absolute atomic E-state index is 0.138. The molecule has 2 rings (SSSR count). The van der Waals surface area contributed by atoms with Gasteiger partial charge in [0.15, 0.2) is 5.69 Å². The topological polar surface area (TPSA) is 55.1 Å². The van der Waals surface area contributed by atoms with Crippen LogP contribution in [0.1, 0.15) is 54.6 Å². The summed E-state index contributed by atoms with van der Waals surface area (Å²) in [7, 11) is 0. The number of halogens is 1. The highest BCUT2D eigenvalue weighted by atomic mass is 35.5. The molecule has 1 aliphatic rings. The molecule has 1 aromatic rings. The maximum Gasteiger partial charge on any atom is 0.356 e. The van der Waals surface area contributed by atoms with Crippen LogP contribution in [-0.4, -0.2) is 20.9 Å². The van der Waals surface area contributed by atoms with Crippen molar-refractivity contribution in [1.29, 1.82) is 0 Å². The third-order valence-corrected chi connectivity index (χ3v) is 3.59. The first-order valence-electron chi connectivity index (χ1n) is 5.64. The van der Waals surface area contributed by atoms with Gasteiger partial charge in [-0.15, -0.1) is 0 Å². The predicted molar refractivity (Wildman–Crippen MR) is 61.1 cm³/mol. The number of hydrogen-bond acceptors (Lipinski definition) is 2. The number of carbonyl (C=O) groups is 1. The molecule has 88 valence electrons. The average Bonchev–Trinajstić information content (AvgIpc) is 2.84. The van der Waals surface area contributed by atoms with Gasteiger partial charge < -0.3 is 5.11 Å². The molecular formula is C11H15ClN2O2. The molecule has 0 unspecified atom stereocenters. The Morgan fingerprint density at radius 2 is 2.19 bits per heavy atom. The molecule has 0 atom stereocenters. The Balaban J connectivity index is 2.47. The lowest BCUT2D eigenvalue weighted by molar-refractivity contribution is 0.0687. The second kappa shape index (κ2) is 4.45. The van der Waals surface area contributed by atoms with Crippen LogP contribution in [0.5, 0.6) is 0 Å². The number of aromatic nitrogens is 2. The second-order valence-electron chi connectivity index (χ2n) is 4.16. The van der Waals surface area contributed by atoms with E-state index in [9.17, 15) is 4.79 Å². The van der Waals surface area contributed by atoms with E-state index in [2.05, 4.69) is 5.10 Å². The van der Waals surface area contributed by atoms with Crippen LogP contribution < -0.4 is 0 Å². The molecule has 1 heterocycles. The molecule has 1 N–H and O–H groups in total. The van der Waals surface area contributed by atoms with Crippen molar-refractivity contribution < 1.29 is 9.90 Å². The number of nitrogens with zero attached hydrogens (tertiary/aromatic N) is 2. The zero-order valence-electron chi connectivity index (χ0n) is 9.24. The zero-order valence-corrected chi connectivity index (χ0v) is 10.00. The minimum Gasteiger partial charge on any atom is -0.476 e. The number of rotatable bonds is 3. The highest BCUT2D eigenvalue weighted by Crippen LogP contribution is 2.39. The molecule has 0 aromatic carbocycles. The van der Waals surface area contributed by atoms with Crippen LogP contribution in [0, 0.1) is 0 Å². The van der Waals surface area contributed by atoms with Gasteiger partial charge in [-0.2, -0.15) is 5.10 Å². The number of aromatic carboxylic acids is 1. The van der Waals surface area contributed by atoms with Crippen molar-refractivity contribution in [2.45, 2.75) is 45.1 Å². The Labute approximate surface area is 99.2 Å². The monoisotopic (exact) mass is 242 g/mol. The van der Waals surface area contributed by atoms with Gasteiger partial charge in [-0.25, -0.2) is 4.79 Å². The van der Waals surface area contributed by atoms with E-state index in [0.29, 0.717) is 11.7 Å². The standard InChI is InChI=1S/C11H15ClN2O2/c1-2-14-10(12)8(7-5-3-4-6-7)9(13-14)11(15)16/h7H,2-6H2,1H3,(H,15,16). The molecule has 1 fully saturated rings. The fourth-order valence-electron chi connectivity index (χ4n) is 2.40. The van der Waals surface area contributed by atoms with Gasteiger partial charge in [-0.1, -0.05) is 24.4 Å². The Hall–Kier alpha value is -1.03. The Morgan fingerprint density at radius 1 is 1.56 bits per heavy atom. The Kier molecular flexibility index (Phi) is 3.19. The Bertz CT molecular complexity index is 408. The summed E-state index contributed by atoms with van der Waals surface area (Å²) in [5, 5.41) is 13.7. The summed E-state index contributed by atoms with van der Waals surface area (Å²) in [6.45, 7) is 2.51. The quantitative estimate of drug-likeness (QED) is 0.887. The van der Waals surface area contributed by atoms with Crippen LogP contribution >= 0.6 is 11.6 Å².